The van der Waals surface area contributed by atoms with Crippen molar-refractivity contribution in [3.63, 3.8) is 0 Å². The molecule has 0 aromatic carbocycles. The molecule has 1 aliphatic rings. The second kappa shape index (κ2) is 5.49. The molecule has 2 N–H and O–H groups in total. The highest BCUT2D eigenvalue weighted by atomic mass is 79.9. The maximum Gasteiger partial charge on any atom is 0.217 e. The molecule has 0 spiro atoms. The van der Waals surface area contributed by atoms with Gasteiger partial charge in [-0.1, -0.05) is 0 Å². The minimum Gasteiger partial charge on any atom is -0.370 e. The van der Waals surface area contributed by atoms with Crippen LogP contribution >= 0.6 is 15.9 Å². The Hall–Kier alpha value is -1.10. The SMILES string of the molecule is NC(=O)CC1CCCN(c2cncc(Br)c2)C1. The third-order valence-corrected chi connectivity index (χ3v) is 3.50. The van der Waals surface area contributed by atoms with Crippen LogP contribution in [0.25, 0.3) is 0 Å². The average Bonchev–Trinajstić information content (AvgIpc) is 2.28. The first-order valence-electron chi connectivity index (χ1n) is 5.79. The summed E-state index contributed by atoms with van der Waals surface area (Å²) in [6, 6.07) is 2.06. The lowest BCUT2D eigenvalue weighted by Crippen LogP contribution is -2.37. The van der Waals surface area contributed by atoms with Gasteiger partial charge in [-0.3, -0.25) is 9.78 Å². The number of halogens is 1. The Bertz CT molecular complexity index is 410. The van der Waals surface area contributed by atoms with Gasteiger partial charge in [0.1, 0.15) is 0 Å². The van der Waals surface area contributed by atoms with Gasteiger partial charge in [-0.25, -0.2) is 0 Å². The van der Waals surface area contributed by atoms with Crippen molar-refractivity contribution < 1.29 is 4.79 Å². The summed E-state index contributed by atoms with van der Waals surface area (Å²) < 4.78 is 0.979. The van der Waals surface area contributed by atoms with E-state index in [1.807, 2.05) is 6.20 Å². The van der Waals surface area contributed by atoms with Crippen LogP contribution in [0.15, 0.2) is 22.9 Å². The fourth-order valence-corrected chi connectivity index (χ4v) is 2.68. The predicted molar refractivity (Wildman–Crippen MR) is 70.7 cm³/mol. The van der Waals surface area contributed by atoms with E-state index in [2.05, 4.69) is 31.9 Å². The Labute approximate surface area is 109 Å². The summed E-state index contributed by atoms with van der Waals surface area (Å²) in [5, 5.41) is 0. The molecular formula is C12H16BrN3O. The molecular weight excluding hydrogens is 282 g/mol. The molecule has 0 bridgehead atoms. The molecule has 1 amide bonds. The number of rotatable bonds is 3. The molecule has 1 atom stereocenters. The molecule has 1 aliphatic heterocycles. The summed E-state index contributed by atoms with van der Waals surface area (Å²) in [6.45, 7) is 1.91. The number of carbonyl (C=O) groups is 1. The Balaban J connectivity index is 2.04. The third kappa shape index (κ3) is 3.43. The minimum absolute atomic E-state index is 0.204. The van der Waals surface area contributed by atoms with E-state index in [0.717, 1.165) is 36.1 Å². The zero-order chi connectivity index (χ0) is 12.3. The third-order valence-electron chi connectivity index (χ3n) is 3.06. The van der Waals surface area contributed by atoms with E-state index in [0.29, 0.717) is 12.3 Å². The van der Waals surface area contributed by atoms with Crippen LogP contribution in [0, 0.1) is 5.92 Å². The first-order chi connectivity index (χ1) is 8.15. The van der Waals surface area contributed by atoms with Crippen molar-refractivity contribution in [2.75, 3.05) is 18.0 Å². The molecule has 1 saturated heterocycles. The molecule has 1 unspecified atom stereocenters. The summed E-state index contributed by atoms with van der Waals surface area (Å²) in [5.74, 6) is 0.171. The van der Waals surface area contributed by atoms with Crippen LogP contribution in [0.4, 0.5) is 5.69 Å². The molecule has 5 heteroatoms. The zero-order valence-corrected chi connectivity index (χ0v) is 11.2. The molecule has 0 saturated carbocycles. The predicted octanol–water partition coefficient (Wildman–Crippen LogP) is 1.94. The van der Waals surface area contributed by atoms with Crippen molar-refractivity contribution in [1.29, 1.82) is 0 Å². The van der Waals surface area contributed by atoms with Crippen LogP contribution < -0.4 is 10.6 Å². The number of nitrogens with zero attached hydrogens (tertiary/aromatic N) is 2. The summed E-state index contributed by atoms with van der Waals surface area (Å²) in [4.78, 5) is 17.4. The van der Waals surface area contributed by atoms with E-state index < -0.39 is 0 Å². The molecule has 1 aromatic rings. The van der Waals surface area contributed by atoms with E-state index in [9.17, 15) is 4.79 Å². The number of carbonyl (C=O) groups excluding carboxylic acids is 1. The maximum absolute atomic E-state index is 10.9. The summed E-state index contributed by atoms with van der Waals surface area (Å²) in [6.07, 6.45) is 6.30. The summed E-state index contributed by atoms with van der Waals surface area (Å²) in [7, 11) is 0. The van der Waals surface area contributed by atoms with E-state index in [1.165, 1.54) is 0 Å². The normalized spacial score (nSPS) is 20.3. The van der Waals surface area contributed by atoms with Gasteiger partial charge in [0.15, 0.2) is 0 Å². The van der Waals surface area contributed by atoms with Crippen LogP contribution in [0.5, 0.6) is 0 Å². The van der Waals surface area contributed by atoms with Crippen LogP contribution in [-0.2, 0) is 4.79 Å². The lowest BCUT2D eigenvalue weighted by molar-refractivity contribution is -0.118. The number of anilines is 1. The van der Waals surface area contributed by atoms with Gasteiger partial charge in [-0.2, -0.15) is 0 Å². The van der Waals surface area contributed by atoms with Gasteiger partial charge in [-0.05, 0) is 40.8 Å². The van der Waals surface area contributed by atoms with E-state index in [-0.39, 0.29) is 5.91 Å². The van der Waals surface area contributed by atoms with Crippen LogP contribution in [0.2, 0.25) is 0 Å². The van der Waals surface area contributed by atoms with Gasteiger partial charge in [0.05, 0.1) is 11.9 Å². The molecule has 0 aliphatic carbocycles. The van der Waals surface area contributed by atoms with Gasteiger partial charge in [0, 0.05) is 30.2 Å². The number of pyridine rings is 1. The summed E-state index contributed by atoms with van der Waals surface area (Å²) >= 11 is 3.42. The molecule has 1 aromatic heterocycles. The molecule has 17 heavy (non-hydrogen) atoms. The topological polar surface area (TPSA) is 59.2 Å². The van der Waals surface area contributed by atoms with E-state index in [4.69, 9.17) is 5.73 Å². The second-order valence-corrected chi connectivity index (χ2v) is 5.40. The van der Waals surface area contributed by atoms with Crippen molar-refractivity contribution >= 4 is 27.5 Å². The Morgan fingerprint density at radius 3 is 3.12 bits per heavy atom. The number of hydrogen-bond acceptors (Lipinski definition) is 3. The number of amides is 1. The van der Waals surface area contributed by atoms with Crippen molar-refractivity contribution in [2.45, 2.75) is 19.3 Å². The minimum atomic E-state index is -0.204. The van der Waals surface area contributed by atoms with Crippen molar-refractivity contribution in [3.8, 4) is 0 Å². The van der Waals surface area contributed by atoms with Crippen LogP contribution in [-0.4, -0.2) is 24.0 Å². The van der Waals surface area contributed by atoms with Crippen molar-refractivity contribution in [3.05, 3.63) is 22.9 Å². The Kier molecular flexibility index (Phi) is 3.99. The molecule has 2 rings (SSSR count). The lowest BCUT2D eigenvalue weighted by Gasteiger charge is -2.33. The lowest BCUT2D eigenvalue weighted by atomic mass is 9.94. The van der Waals surface area contributed by atoms with Crippen LogP contribution in [0.3, 0.4) is 0 Å². The van der Waals surface area contributed by atoms with Crippen LogP contribution in [0.1, 0.15) is 19.3 Å². The number of nitrogens with two attached hydrogens (primary N) is 1. The first-order valence-corrected chi connectivity index (χ1v) is 6.58. The van der Waals surface area contributed by atoms with Crippen molar-refractivity contribution in [2.24, 2.45) is 11.7 Å². The number of aromatic nitrogens is 1. The molecule has 0 radical (unpaired) electrons. The Morgan fingerprint density at radius 2 is 2.41 bits per heavy atom. The molecule has 4 nitrogen and oxygen atoms in total. The fourth-order valence-electron chi connectivity index (χ4n) is 2.32. The van der Waals surface area contributed by atoms with Gasteiger partial charge < -0.3 is 10.6 Å². The highest BCUT2D eigenvalue weighted by Gasteiger charge is 2.21. The number of primary amides is 1. The second-order valence-electron chi connectivity index (χ2n) is 4.49. The Morgan fingerprint density at radius 1 is 1.59 bits per heavy atom. The smallest absolute Gasteiger partial charge is 0.217 e. The fraction of sp³-hybridized carbons (Fsp3) is 0.500. The van der Waals surface area contributed by atoms with Gasteiger partial charge in [0.25, 0.3) is 0 Å². The molecule has 1 fully saturated rings. The monoisotopic (exact) mass is 297 g/mol. The number of hydrogen-bond donors (Lipinski definition) is 1. The quantitative estimate of drug-likeness (QED) is 0.927. The zero-order valence-electron chi connectivity index (χ0n) is 9.60. The molecule has 92 valence electrons. The number of piperidine rings is 1. The average molecular weight is 298 g/mol. The van der Waals surface area contributed by atoms with Gasteiger partial charge >= 0.3 is 0 Å². The van der Waals surface area contributed by atoms with E-state index >= 15 is 0 Å². The van der Waals surface area contributed by atoms with Gasteiger partial charge in [0.2, 0.25) is 5.91 Å². The maximum atomic E-state index is 10.9. The summed E-state index contributed by atoms with van der Waals surface area (Å²) in [5.41, 5.74) is 6.36. The highest BCUT2D eigenvalue weighted by molar-refractivity contribution is 9.10. The molecule has 2 heterocycles. The first kappa shape index (κ1) is 12.4. The van der Waals surface area contributed by atoms with Gasteiger partial charge in [-0.15, -0.1) is 0 Å². The van der Waals surface area contributed by atoms with Crippen molar-refractivity contribution in [1.82, 2.24) is 4.98 Å². The highest BCUT2D eigenvalue weighted by Crippen LogP contribution is 2.25. The van der Waals surface area contributed by atoms with E-state index in [1.54, 1.807) is 6.20 Å². The largest absolute Gasteiger partial charge is 0.370 e. The standard InChI is InChI=1S/C12H16BrN3O/c13-10-5-11(7-15-6-10)16-3-1-2-9(8-16)4-12(14)17/h5-7,9H,1-4,8H2,(H2,14,17).